The largest absolute Gasteiger partial charge is 0.495 e. The molecule has 1 atom stereocenters. The van der Waals surface area contributed by atoms with Crippen LogP contribution in [0.15, 0.2) is 78.9 Å². The van der Waals surface area contributed by atoms with E-state index in [2.05, 4.69) is 5.32 Å². The SMILES string of the molecule is COc1ccccc1NC(=O)[C@@H](C)Oc1ccc(Oc2ccccc2)cc1. The third-order valence-corrected chi connectivity index (χ3v) is 3.85. The zero-order valence-corrected chi connectivity index (χ0v) is 15.2. The number of nitrogens with one attached hydrogen (secondary N) is 1. The first-order valence-corrected chi connectivity index (χ1v) is 8.59. The minimum Gasteiger partial charge on any atom is -0.495 e. The summed E-state index contributed by atoms with van der Waals surface area (Å²) in [7, 11) is 1.56. The van der Waals surface area contributed by atoms with Gasteiger partial charge < -0.3 is 19.5 Å². The molecule has 5 nitrogen and oxygen atoms in total. The van der Waals surface area contributed by atoms with Gasteiger partial charge in [0, 0.05) is 0 Å². The third kappa shape index (κ3) is 5.01. The third-order valence-electron chi connectivity index (χ3n) is 3.85. The molecule has 0 aromatic heterocycles. The van der Waals surface area contributed by atoms with Gasteiger partial charge in [-0.25, -0.2) is 0 Å². The second-order valence-corrected chi connectivity index (χ2v) is 5.84. The lowest BCUT2D eigenvalue weighted by atomic mass is 10.2. The lowest BCUT2D eigenvalue weighted by Crippen LogP contribution is -2.30. The minimum atomic E-state index is -0.671. The van der Waals surface area contributed by atoms with E-state index >= 15 is 0 Å². The zero-order chi connectivity index (χ0) is 19.1. The Labute approximate surface area is 158 Å². The molecule has 0 radical (unpaired) electrons. The van der Waals surface area contributed by atoms with Crippen LogP contribution in [0.4, 0.5) is 5.69 Å². The van der Waals surface area contributed by atoms with Crippen LogP contribution in [0.5, 0.6) is 23.0 Å². The van der Waals surface area contributed by atoms with Gasteiger partial charge >= 0.3 is 0 Å². The van der Waals surface area contributed by atoms with Gasteiger partial charge in [-0.3, -0.25) is 4.79 Å². The summed E-state index contributed by atoms with van der Waals surface area (Å²) in [6, 6.07) is 23.9. The maximum absolute atomic E-state index is 12.4. The highest BCUT2D eigenvalue weighted by atomic mass is 16.5. The van der Waals surface area contributed by atoms with E-state index in [1.807, 2.05) is 42.5 Å². The predicted molar refractivity (Wildman–Crippen MR) is 105 cm³/mol. The van der Waals surface area contributed by atoms with Crippen LogP contribution in [0.1, 0.15) is 6.92 Å². The quantitative estimate of drug-likeness (QED) is 0.649. The molecule has 138 valence electrons. The van der Waals surface area contributed by atoms with Crippen molar-refractivity contribution >= 4 is 11.6 Å². The Balaban J connectivity index is 1.58. The van der Waals surface area contributed by atoms with E-state index in [0.717, 1.165) is 5.75 Å². The molecule has 0 aliphatic heterocycles. The number of hydrogen-bond acceptors (Lipinski definition) is 4. The van der Waals surface area contributed by atoms with Crippen molar-refractivity contribution in [3.63, 3.8) is 0 Å². The number of methoxy groups -OCH3 is 1. The second-order valence-electron chi connectivity index (χ2n) is 5.84. The molecule has 1 amide bonds. The summed E-state index contributed by atoms with van der Waals surface area (Å²) in [5.41, 5.74) is 0.604. The molecule has 3 aromatic rings. The molecule has 3 aromatic carbocycles. The number of hydrogen-bond donors (Lipinski definition) is 1. The molecule has 3 rings (SSSR count). The predicted octanol–water partition coefficient (Wildman–Crippen LogP) is 4.89. The smallest absolute Gasteiger partial charge is 0.265 e. The van der Waals surface area contributed by atoms with Crippen LogP contribution < -0.4 is 19.5 Å². The normalized spacial score (nSPS) is 11.3. The lowest BCUT2D eigenvalue weighted by Gasteiger charge is -2.16. The van der Waals surface area contributed by atoms with Crippen molar-refractivity contribution in [1.29, 1.82) is 0 Å². The van der Waals surface area contributed by atoms with Crippen molar-refractivity contribution < 1.29 is 19.0 Å². The van der Waals surface area contributed by atoms with Crippen molar-refractivity contribution in [2.75, 3.05) is 12.4 Å². The molecular weight excluding hydrogens is 342 g/mol. The molecule has 0 bridgehead atoms. The van der Waals surface area contributed by atoms with Gasteiger partial charge in [-0.15, -0.1) is 0 Å². The molecule has 0 saturated heterocycles. The van der Waals surface area contributed by atoms with Crippen molar-refractivity contribution in [2.45, 2.75) is 13.0 Å². The Kier molecular flexibility index (Phi) is 5.94. The summed E-state index contributed by atoms with van der Waals surface area (Å²) in [6.45, 7) is 1.69. The number of anilines is 1. The van der Waals surface area contributed by atoms with E-state index in [0.29, 0.717) is 22.9 Å². The van der Waals surface area contributed by atoms with E-state index in [1.165, 1.54) is 0 Å². The molecule has 0 saturated carbocycles. The van der Waals surface area contributed by atoms with Gasteiger partial charge in [0.2, 0.25) is 0 Å². The zero-order valence-electron chi connectivity index (χ0n) is 15.2. The molecule has 5 heteroatoms. The molecular formula is C22H21NO4. The Morgan fingerprint density at radius 3 is 2.11 bits per heavy atom. The number of para-hydroxylation sites is 3. The molecule has 0 aliphatic carbocycles. The van der Waals surface area contributed by atoms with Crippen molar-refractivity contribution in [1.82, 2.24) is 0 Å². The minimum absolute atomic E-state index is 0.260. The first-order valence-electron chi connectivity index (χ1n) is 8.59. The van der Waals surface area contributed by atoms with Crippen LogP contribution in [-0.2, 0) is 4.79 Å². The number of carbonyl (C=O) groups is 1. The highest BCUT2D eigenvalue weighted by Gasteiger charge is 2.16. The Hall–Kier alpha value is -3.47. The van der Waals surface area contributed by atoms with Gasteiger partial charge in [0.25, 0.3) is 5.91 Å². The summed E-state index contributed by atoms with van der Waals surface area (Å²) in [5, 5.41) is 2.81. The summed E-state index contributed by atoms with van der Waals surface area (Å²) in [5.74, 6) is 2.37. The summed E-state index contributed by atoms with van der Waals surface area (Å²) >= 11 is 0. The van der Waals surface area contributed by atoms with Gasteiger partial charge in [0.1, 0.15) is 23.0 Å². The van der Waals surface area contributed by atoms with Gasteiger partial charge in [-0.1, -0.05) is 30.3 Å². The number of rotatable bonds is 7. The van der Waals surface area contributed by atoms with E-state index < -0.39 is 6.10 Å². The van der Waals surface area contributed by atoms with Crippen LogP contribution in [0.25, 0.3) is 0 Å². The van der Waals surface area contributed by atoms with Crippen molar-refractivity contribution in [2.24, 2.45) is 0 Å². The van der Waals surface area contributed by atoms with Crippen LogP contribution in [0, 0.1) is 0 Å². The van der Waals surface area contributed by atoms with Crippen molar-refractivity contribution in [3.8, 4) is 23.0 Å². The van der Waals surface area contributed by atoms with Crippen LogP contribution in [-0.4, -0.2) is 19.1 Å². The second kappa shape index (κ2) is 8.76. The summed E-state index contributed by atoms with van der Waals surface area (Å²) < 4.78 is 16.7. The summed E-state index contributed by atoms with van der Waals surface area (Å²) in [4.78, 5) is 12.4. The number of carbonyl (C=O) groups excluding carboxylic acids is 1. The van der Waals surface area contributed by atoms with Gasteiger partial charge in [0.15, 0.2) is 6.10 Å². The number of amides is 1. The highest BCUT2D eigenvalue weighted by Crippen LogP contribution is 2.25. The Morgan fingerprint density at radius 2 is 1.41 bits per heavy atom. The van der Waals surface area contributed by atoms with Crippen LogP contribution in [0.3, 0.4) is 0 Å². The van der Waals surface area contributed by atoms with Gasteiger partial charge in [-0.2, -0.15) is 0 Å². The molecule has 1 N–H and O–H groups in total. The topological polar surface area (TPSA) is 56.8 Å². The molecule has 0 heterocycles. The average molecular weight is 363 g/mol. The Bertz CT molecular complexity index is 878. The fraction of sp³-hybridized carbons (Fsp3) is 0.136. The van der Waals surface area contributed by atoms with Crippen LogP contribution >= 0.6 is 0 Å². The maximum atomic E-state index is 12.4. The number of benzene rings is 3. The molecule has 0 fully saturated rings. The molecule has 0 spiro atoms. The van der Waals surface area contributed by atoms with E-state index in [1.54, 1.807) is 50.4 Å². The average Bonchev–Trinajstić information content (AvgIpc) is 2.70. The van der Waals surface area contributed by atoms with E-state index in [4.69, 9.17) is 14.2 Å². The fourth-order valence-corrected chi connectivity index (χ4v) is 2.45. The van der Waals surface area contributed by atoms with Gasteiger partial charge in [0.05, 0.1) is 12.8 Å². The van der Waals surface area contributed by atoms with Crippen LogP contribution in [0.2, 0.25) is 0 Å². The number of ether oxygens (including phenoxy) is 3. The standard InChI is InChI=1S/C22H21NO4/c1-16(22(24)23-20-10-6-7-11-21(20)25-2)26-18-12-14-19(15-13-18)27-17-8-4-3-5-9-17/h3-16H,1-2H3,(H,23,24)/t16-/m1/s1. The molecule has 0 aliphatic rings. The monoisotopic (exact) mass is 363 g/mol. The Morgan fingerprint density at radius 1 is 0.815 bits per heavy atom. The van der Waals surface area contributed by atoms with Gasteiger partial charge in [-0.05, 0) is 55.5 Å². The lowest BCUT2D eigenvalue weighted by molar-refractivity contribution is -0.122. The van der Waals surface area contributed by atoms with E-state index in [-0.39, 0.29) is 5.91 Å². The first kappa shape index (κ1) is 18.3. The first-order chi connectivity index (χ1) is 13.2. The van der Waals surface area contributed by atoms with E-state index in [9.17, 15) is 4.79 Å². The maximum Gasteiger partial charge on any atom is 0.265 e. The highest BCUT2D eigenvalue weighted by molar-refractivity contribution is 5.95. The molecule has 27 heavy (non-hydrogen) atoms. The fourth-order valence-electron chi connectivity index (χ4n) is 2.45. The molecule has 0 unspecified atom stereocenters. The van der Waals surface area contributed by atoms with Crippen molar-refractivity contribution in [3.05, 3.63) is 78.9 Å². The summed E-state index contributed by atoms with van der Waals surface area (Å²) in [6.07, 6.45) is -0.671.